The fourth-order valence-corrected chi connectivity index (χ4v) is 3.54. The first-order chi connectivity index (χ1) is 14.3. The number of ether oxygens (including phenoxy) is 1. The van der Waals surface area contributed by atoms with Crippen molar-refractivity contribution < 1.29 is 4.74 Å². The Kier molecular flexibility index (Phi) is 6.90. The quantitative estimate of drug-likeness (QED) is 0.577. The Balaban J connectivity index is 1.43. The van der Waals surface area contributed by atoms with E-state index in [2.05, 4.69) is 22.3 Å². The largest absolute Gasteiger partial charge is 0.379 e. The lowest BCUT2D eigenvalue weighted by atomic mass is 10.1. The maximum absolute atomic E-state index is 5.99. The Morgan fingerprint density at radius 1 is 0.966 bits per heavy atom. The van der Waals surface area contributed by atoms with E-state index in [1.54, 1.807) is 4.80 Å². The number of nitrogens with zero attached hydrogens (tertiary/aromatic N) is 4. The lowest BCUT2D eigenvalue weighted by molar-refractivity contribution is 0.0384. The van der Waals surface area contributed by atoms with Crippen molar-refractivity contribution in [1.29, 1.82) is 0 Å². The number of benzene rings is 2. The predicted molar refractivity (Wildman–Crippen MR) is 115 cm³/mol. The number of hydrogen-bond acceptors (Lipinski definition) is 5. The monoisotopic (exact) mass is 411 g/mol. The Bertz CT molecular complexity index is 891. The molecule has 0 saturated carbocycles. The molecular formula is C22H26ClN5O. The molecular weight excluding hydrogens is 386 g/mol. The molecule has 1 N–H and O–H groups in total. The van der Waals surface area contributed by atoms with Crippen LogP contribution >= 0.6 is 11.6 Å². The second-order valence-electron chi connectivity index (χ2n) is 7.15. The molecule has 1 aliphatic heterocycles. The number of nitrogens with one attached hydrogen (secondary N) is 1. The smallest absolute Gasteiger partial charge is 0.117 e. The van der Waals surface area contributed by atoms with E-state index in [-0.39, 0.29) is 0 Å². The van der Waals surface area contributed by atoms with Crippen LogP contribution in [0, 0.1) is 0 Å². The molecule has 1 aromatic heterocycles. The van der Waals surface area contributed by atoms with Crippen LogP contribution in [0.25, 0.3) is 11.3 Å². The number of hydrogen-bond donors (Lipinski definition) is 1. The van der Waals surface area contributed by atoms with Crippen LogP contribution in [-0.2, 0) is 17.8 Å². The van der Waals surface area contributed by atoms with Crippen LogP contribution < -0.4 is 5.32 Å². The van der Waals surface area contributed by atoms with Crippen molar-refractivity contribution in [1.82, 2.24) is 25.2 Å². The van der Waals surface area contributed by atoms with Gasteiger partial charge in [-0.15, -0.1) is 0 Å². The van der Waals surface area contributed by atoms with Crippen molar-refractivity contribution in [3.05, 3.63) is 70.9 Å². The van der Waals surface area contributed by atoms with Crippen LogP contribution in [0.15, 0.2) is 54.6 Å². The number of aromatic nitrogens is 3. The first kappa shape index (κ1) is 20.0. The van der Waals surface area contributed by atoms with Crippen molar-refractivity contribution in [3.8, 4) is 11.3 Å². The molecule has 1 saturated heterocycles. The van der Waals surface area contributed by atoms with Crippen molar-refractivity contribution in [3.63, 3.8) is 0 Å². The third kappa shape index (κ3) is 5.64. The Morgan fingerprint density at radius 2 is 1.72 bits per heavy atom. The van der Waals surface area contributed by atoms with Crippen molar-refractivity contribution in [2.75, 3.05) is 39.4 Å². The maximum Gasteiger partial charge on any atom is 0.117 e. The first-order valence-electron chi connectivity index (χ1n) is 10.0. The molecule has 152 valence electrons. The average molecular weight is 412 g/mol. The van der Waals surface area contributed by atoms with Crippen molar-refractivity contribution in [2.24, 2.45) is 0 Å². The standard InChI is InChI=1S/C22H26ClN5O/c23-20-8-6-18(7-9-20)17-28-25-21(22(26-28)19-4-2-1-3-5-19)16-24-10-11-27-12-14-29-15-13-27/h1-9,24H,10-17H2. The Labute approximate surface area is 176 Å². The third-order valence-electron chi connectivity index (χ3n) is 5.01. The van der Waals surface area contributed by atoms with Gasteiger partial charge in [-0.05, 0) is 17.7 Å². The molecule has 6 nitrogen and oxygen atoms in total. The lowest BCUT2D eigenvalue weighted by Crippen LogP contribution is -2.40. The molecule has 0 unspecified atom stereocenters. The summed E-state index contributed by atoms with van der Waals surface area (Å²) in [4.78, 5) is 4.19. The minimum Gasteiger partial charge on any atom is -0.379 e. The minimum absolute atomic E-state index is 0.616. The molecule has 3 aromatic rings. The van der Waals surface area contributed by atoms with E-state index in [0.29, 0.717) is 13.1 Å². The van der Waals surface area contributed by atoms with E-state index in [9.17, 15) is 0 Å². The van der Waals surface area contributed by atoms with Gasteiger partial charge >= 0.3 is 0 Å². The van der Waals surface area contributed by atoms with Gasteiger partial charge in [-0.2, -0.15) is 15.0 Å². The van der Waals surface area contributed by atoms with E-state index in [4.69, 9.17) is 26.5 Å². The van der Waals surface area contributed by atoms with Gasteiger partial charge in [0.15, 0.2) is 0 Å². The zero-order chi connectivity index (χ0) is 19.9. The highest BCUT2D eigenvalue weighted by Crippen LogP contribution is 2.20. The van der Waals surface area contributed by atoms with Gasteiger partial charge in [-0.1, -0.05) is 54.1 Å². The summed E-state index contributed by atoms with van der Waals surface area (Å²) in [6.45, 7) is 6.91. The summed E-state index contributed by atoms with van der Waals surface area (Å²) in [7, 11) is 0. The normalized spacial score (nSPS) is 14.9. The molecule has 0 radical (unpaired) electrons. The maximum atomic E-state index is 5.99. The highest BCUT2D eigenvalue weighted by molar-refractivity contribution is 6.30. The minimum atomic E-state index is 0.616. The summed E-state index contributed by atoms with van der Waals surface area (Å²) in [6, 6.07) is 18.0. The van der Waals surface area contributed by atoms with Crippen LogP contribution in [0.4, 0.5) is 0 Å². The van der Waals surface area contributed by atoms with Gasteiger partial charge in [-0.3, -0.25) is 4.90 Å². The van der Waals surface area contributed by atoms with E-state index < -0.39 is 0 Å². The number of rotatable bonds is 8. The summed E-state index contributed by atoms with van der Waals surface area (Å²) in [6.07, 6.45) is 0. The fraction of sp³-hybridized carbons (Fsp3) is 0.364. The molecule has 2 aromatic carbocycles. The number of halogens is 1. The van der Waals surface area contributed by atoms with Crippen LogP contribution in [0.1, 0.15) is 11.3 Å². The topological polar surface area (TPSA) is 55.2 Å². The summed E-state index contributed by atoms with van der Waals surface area (Å²) in [5.41, 5.74) is 4.10. The van der Waals surface area contributed by atoms with Crippen molar-refractivity contribution in [2.45, 2.75) is 13.1 Å². The Hall–Kier alpha value is -2.25. The van der Waals surface area contributed by atoms with Crippen LogP contribution in [0.3, 0.4) is 0 Å². The predicted octanol–water partition coefficient (Wildman–Crippen LogP) is 3.07. The second kappa shape index (κ2) is 9.98. The van der Waals surface area contributed by atoms with E-state index in [0.717, 1.165) is 66.9 Å². The SMILES string of the molecule is Clc1ccc(Cn2nc(CNCCN3CCOCC3)c(-c3ccccc3)n2)cc1. The molecule has 29 heavy (non-hydrogen) atoms. The highest BCUT2D eigenvalue weighted by Gasteiger charge is 2.14. The van der Waals surface area contributed by atoms with Gasteiger partial charge in [-0.25, -0.2) is 0 Å². The summed E-state index contributed by atoms with van der Waals surface area (Å²) >= 11 is 5.99. The molecule has 0 bridgehead atoms. The first-order valence-corrected chi connectivity index (χ1v) is 10.4. The molecule has 2 heterocycles. The van der Waals surface area contributed by atoms with Crippen LogP contribution in [0.5, 0.6) is 0 Å². The molecule has 1 fully saturated rings. The second-order valence-corrected chi connectivity index (χ2v) is 7.59. The molecule has 1 aliphatic rings. The molecule has 7 heteroatoms. The molecule has 0 aliphatic carbocycles. The third-order valence-corrected chi connectivity index (χ3v) is 5.26. The zero-order valence-electron chi connectivity index (χ0n) is 16.4. The van der Waals surface area contributed by atoms with Gasteiger partial charge < -0.3 is 10.1 Å². The highest BCUT2D eigenvalue weighted by atomic mass is 35.5. The van der Waals surface area contributed by atoms with Crippen LogP contribution in [0.2, 0.25) is 5.02 Å². The molecule has 4 rings (SSSR count). The zero-order valence-corrected chi connectivity index (χ0v) is 17.2. The van der Waals surface area contributed by atoms with E-state index in [1.165, 1.54) is 0 Å². The average Bonchev–Trinajstić information content (AvgIpc) is 3.17. The van der Waals surface area contributed by atoms with Gasteiger partial charge in [0.2, 0.25) is 0 Å². The van der Waals surface area contributed by atoms with Crippen LogP contribution in [-0.4, -0.2) is 59.3 Å². The number of morpholine rings is 1. The Morgan fingerprint density at radius 3 is 2.48 bits per heavy atom. The fourth-order valence-electron chi connectivity index (χ4n) is 3.41. The summed E-state index contributed by atoms with van der Waals surface area (Å²) in [5, 5.41) is 13.8. The van der Waals surface area contributed by atoms with Gasteiger partial charge in [0.1, 0.15) is 11.4 Å². The lowest BCUT2D eigenvalue weighted by Gasteiger charge is -2.26. The molecule has 0 amide bonds. The van der Waals surface area contributed by atoms with E-state index in [1.807, 2.05) is 42.5 Å². The molecule has 0 atom stereocenters. The van der Waals surface area contributed by atoms with Gasteiger partial charge in [0.05, 0.1) is 19.8 Å². The van der Waals surface area contributed by atoms with Gasteiger partial charge in [0.25, 0.3) is 0 Å². The summed E-state index contributed by atoms with van der Waals surface area (Å²) in [5.74, 6) is 0. The van der Waals surface area contributed by atoms with E-state index >= 15 is 0 Å². The molecule has 0 spiro atoms. The van der Waals surface area contributed by atoms with Gasteiger partial charge in [0, 0.05) is 43.3 Å². The van der Waals surface area contributed by atoms with Crippen molar-refractivity contribution >= 4 is 11.6 Å². The summed E-state index contributed by atoms with van der Waals surface area (Å²) < 4.78 is 5.41.